The Labute approximate surface area is 92.4 Å². The lowest BCUT2D eigenvalue weighted by molar-refractivity contribution is 0.247. The van der Waals surface area contributed by atoms with Gasteiger partial charge in [-0.2, -0.15) is 0 Å². The van der Waals surface area contributed by atoms with E-state index in [1.54, 1.807) is 13.0 Å². The number of rotatable bonds is 2. The van der Waals surface area contributed by atoms with Gasteiger partial charge < -0.3 is 9.84 Å². The summed E-state index contributed by atoms with van der Waals surface area (Å²) >= 11 is 0. The highest BCUT2D eigenvalue weighted by molar-refractivity contribution is 5.88. The fourth-order valence-electron chi connectivity index (χ4n) is 1.82. The van der Waals surface area contributed by atoms with E-state index in [4.69, 9.17) is 4.52 Å². The van der Waals surface area contributed by atoms with E-state index in [1.807, 2.05) is 0 Å². The Morgan fingerprint density at radius 1 is 1.62 bits per heavy atom. The number of urea groups is 1. The van der Waals surface area contributed by atoms with Crippen molar-refractivity contribution in [3.8, 4) is 0 Å². The van der Waals surface area contributed by atoms with E-state index in [-0.39, 0.29) is 12.1 Å². The van der Waals surface area contributed by atoms with Gasteiger partial charge in [0.25, 0.3) is 0 Å². The molecule has 1 aromatic rings. The number of carbonyl (C=O) groups is 1. The van der Waals surface area contributed by atoms with Crippen LogP contribution in [-0.2, 0) is 0 Å². The highest BCUT2D eigenvalue weighted by atomic mass is 19.1. The smallest absolute Gasteiger partial charge is 0.320 e. The zero-order chi connectivity index (χ0) is 11.5. The summed E-state index contributed by atoms with van der Waals surface area (Å²) in [6.07, 6.45) is 0.811. The molecule has 88 valence electrons. The Morgan fingerprint density at radius 3 is 3.00 bits per heavy atom. The molecule has 1 saturated carbocycles. The first-order valence-corrected chi connectivity index (χ1v) is 5.28. The van der Waals surface area contributed by atoms with Crippen LogP contribution in [0.15, 0.2) is 10.6 Å². The van der Waals surface area contributed by atoms with Gasteiger partial charge in [0.05, 0.1) is 0 Å². The molecule has 6 heteroatoms. The molecular formula is C10H14FN3O2. The number of alkyl halides is 1. The molecule has 2 N–H and O–H groups in total. The lowest BCUT2D eigenvalue weighted by atomic mass is 10.2. The van der Waals surface area contributed by atoms with Crippen molar-refractivity contribution in [1.29, 1.82) is 0 Å². The Hall–Kier alpha value is -1.59. The average molecular weight is 227 g/mol. The predicted octanol–water partition coefficient (Wildman–Crippen LogP) is 2.00. The molecule has 0 radical (unpaired) electrons. The van der Waals surface area contributed by atoms with Crippen LogP contribution in [0.3, 0.4) is 0 Å². The third kappa shape index (κ3) is 2.71. The number of aryl methyl sites for hydroxylation is 1. The van der Waals surface area contributed by atoms with Gasteiger partial charge in [-0.1, -0.05) is 5.16 Å². The first-order chi connectivity index (χ1) is 7.63. The maximum Gasteiger partial charge on any atom is 0.320 e. The van der Waals surface area contributed by atoms with E-state index in [9.17, 15) is 9.18 Å². The molecule has 2 amide bonds. The molecule has 0 unspecified atom stereocenters. The molecule has 2 rings (SSSR count). The van der Waals surface area contributed by atoms with E-state index < -0.39 is 6.17 Å². The molecule has 0 saturated heterocycles. The second kappa shape index (κ2) is 4.51. The van der Waals surface area contributed by atoms with E-state index in [1.165, 1.54) is 0 Å². The minimum absolute atomic E-state index is 0.0806. The second-order valence-corrected chi connectivity index (χ2v) is 4.03. The minimum Gasteiger partial charge on any atom is -0.360 e. The number of nitrogens with zero attached hydrogens (tertiary/aromatic N) is 1. The minimum atomic E-state index is -0.792. The van der Waals surface area contributed by atoms with Crippen molar-refractivity contribution in [1.82, 2.24) is 10.5 Å². The number of aromatic nitrogens is 1. The summed E-state index contributed by atoms with van der Waals surface area (Å²) in [5, 5.41) is 8.85. The highest BCUT2D eigenvalue weighted by Gasteiger charge is 2.25. The third-order valence-corrected chi connectivity index (χ3v) is 2.57. The number of hydrogen-bond donors (Lipinski definition) is 2. The molecule has 16 heavy (non-hydrogen) atoms. The van der Waals surface area contributed by atoms with Gasteiger partial charge in [0.1, 0.15) is 11.9 Å². The number of halogens is 1. The van der Waals surface area contributed by atoms with Crippen LogP contribution in [0.2, 0.25) is 0 Å². The normalized spacial score (nSPS) is 24.4. The third-order valence-electron chi connectivity index (χ3n) is 2.57. The lowest BCUT2D eigenvalue weighted by Crippen LogP contribution is -2.36. The standard InChI is InChI=1S/C10H14FN3O2/c1-6-4-9(14-16-6)13-10(15)12-8-3-2-7(11)5-8/h4,7-8H,2-3,5H2,1H3,(H2,12,13,14,15)/t7-,8+/m0/s1. The summed E-state index contributed by atoms with van der Waals surface area (Å²) < 4.78 is 17.7. The van der Waals surface area contributed by atoms with Gasteiger partial charge in [-0.25, -0.2) is 9.18 Å². The number of carbonyl (C=O) groups excluding carboxylic acids is 1. The van der Waals surface area contributed by atoms with Crippen LogP contribution in [-0.4, -0.2) is 23.4 Å². The van der Waals surface area contributed by atoms with Gasteiger partial charge in [-0.05, 0) is 26.2 Å². The van der Waals surface area contributed by atoms with Crippen molar-refractivity contribution < 1.29 is 13.7 Å². The van der Waals surface area contributed by atoms with Crippen LogP contribution in [0.25, 0.3) is 0 Å². The van der Waals surface area contributed by atoms with Crippen molar-refractivity contribution in [2.24, 2.45) is 0 Å². The van der Waals surface area contributed by atoms with Crippen LogP contribution in [0.1, 0.15) is 25.0 Å². The second-order valence-electron chi connectivity index (χ2n) is 4.03. The van der Waals surface area contributed by atoms with Gasteiger partial charge in [-0.3, -0.25) is 5.32 Å². The average Bonchev–Trinajstić information content (AvgIpc) is 2.76. The summed E-state index contributed by atoms with van der Waals surface area (Å²) in [4.78, 5) is 11.5. The van der Waals surface area contributed by atoms with Crippen molar-refractivity contribution in [2.45, 2.75) is 38.4 Å². The van der Waals surface area contributed by atoms with Crippen LogP contribution in [0.5, 0.6) is 0 Å². The maximum atomic E-state index is 12.9. The topological polar surface area (TPSA) is 67.2 Å². The van der Waals surface area contributed by atoms with Crippen LogP contribution < -0.4 is 10.6 Å². The van der Waals surface area contributed by atoms with Gasteiger partial charge >= 0.3 is 6.03 Å². The zero-order valence-electron chi connectivity index (χ0n) is 9.00. The van der Waals surface area contributed by atoms with Crippen LogP contribution in [0, 0.1) is 6.92 Å². The van der Waals surface area contributed by atoms with Crippen molar-refractivity contribution in [3.63, 3.8) is 0 Å². The number of hydrogen-bond acceptors (Lipinski definition) is 3. The van der Waals surface area contributed by atoms with Crippen LogP contribution in [0.4, 0.5) is 15.0 Å². The summed E-state index contributed by atoms with van der Waals surface area (Å²) in [6, 6.07) is 1.17. The van der Waals surface area contributed by atoms with Crippen molar-refractivity contribution >= 4 is 11.8 Å². The Bertz CT molecular complexity index is 380. The van der Waals surface area contributed by atoms with E-state index in [0.29, 0.717) is 30.8 Å². The molecule has 1 fully saturated rings. The molecule has 1 aliphatic carbocycles. The van der Waals surface area contributed by atoms with Gasteiger partial charge in [-0.15, -0.1) is 0 Å². The fourth-order valence-corrected chi connectivity index (χ4v) is 1.82. The van der Waals surface area contributed by atoms with E-state index >= 15 is 0 Å². The maximum absolute atomic E-state index is 12.9. The molecule has 5 nitrogen and oxygen atoms in total. The summed E-state index contributed by atoms with van der Waals surface area (Å²) in [5.74, 6) is 0.991. The SMILES string of the molecule is Cc1cc(NC(=O)N[C@@H]2CC[C@H](F)C2)no1. The van der Waals surface area contributed by atoms with Gasteiger partial charge in [0, 0.05) is 12.1 Å². The number of amides is 2. The Balaban J connectivity index is 1.80. The molecule has 0 bridgehead atoms. The quantitative estimate of drug-likeness (QED) is 0.811. The first kappa shape index (κ1) is 10.9. The van der Waals surface area contributed by atoms with Crippen molar-refractivity contribution in [3.05, 3.63) is 11.8 Å². The lowest BCUT2D eigenvalue weighted by Gasteiger charge is -2.11. The van der Waals surface area contributed by atoms with Crippen molar-refractivity contribution in [2.75, 3.05) is 5.32 Å². The molecule has 1 aliphatic rings. The molecule has 0 spiro atoms. The fraction of sp³-hybridized carbons (Fsp3) is 0.600. The molecule has 1 heterocycles. The van der Waals surface area contributed by atoms with Gasteiger partial charge in [0.15, 0.2) is 5.82 Å². The molecule has 2 atom stereocenters. The predicted molar refractivity (Wildman–Crippen MR) is 55.9 cm³/mol. The molecule has 0 aromatic carbocycles. The van der Waals surface area contributed by atoms with Gasteiger partial charge in [0.2, 0.25) is 0 Å². The Morgan fingerprint density at radius 2 is 2.44 bits per heavy atom. The van der Waals surface area contributed by atoms with E-state index in [2.05, 4.69) is 15.8 Å². The molecular weight excluding hydrogens is 213 g/mol. The monoisotopic (exact) mass is 227 g/mol. The van der Waals surface area contributed by atoms with Crippen LogP contribution >= 0.6 is 0 Å². The van der Waals surface area contributed by atoms with E-state index in [0.717, 1.165) is 0 Å². The summed E-state index contributed by atoms with van der Waals surface area (Å²) in [5.41, 5.74) is 0. The molecule has 1 aromatic heterocycles. The largest absolute Gasteiger partial charge is 0.360 e. The number of anilines is 1. The Kier molecular flexibility index (Phi) is 3.07. The molecule has 0 aliphatic heterocycles. The summed E-state index contributed by atoms with van der Waals surface area (Å²) in [6.45, 7) is 1.74. The summed E-state index contributed by atoms with van der Waals surface area (Å²) in [7, 11) is 0. The highest BCUT2D eigenvalue weighted by Crippen LogP contribution is 2.21. The number of nitrogens with one attached hydrogen (secondary N) is 2. The zero-order valence-corrected chi connectivity index (χ0v) is 9.00. The first-order valence-electron chi connectivity index (χ1n) is 5.28.